The monoisotopic (exact) mass is 349 g/mol. The Bertz CT molecular complexity index is 903. The average Bonchev–Trinajstić information content (AvgIpc) is 2.53. The highest BCUT2D eigenvalue weighted by atomic mass is 19.4. The van der Waals surface area contributed by atoms with E-state index in [2.05, 4.69) is 6.58 Å². The van der Waals surface area contributed by atoms with Crippen LogP contribution in [-0.2, 0) is 6.18 Å². The Balaban J connectivity index is 1.94. The van der Waals surface area contributed by atoms with Crippen LogP contribution in [0.25, 0.3) is 6.08 Å². The zero-order chi connectivity index (χ0) is 18.2. The number of fused-ring (bicyclic) bond motifs is 1. The molecule has 0 bridgehead atoms. The normalized spacial score (nSPS) is 13.2. The maximum atomic E-state index is 13.0. The number of ether oxygens (including phenoxy) is 2. The summed E-state index contributed by atoms with van der Waals surface area (Å²) in [6, 6.07) is 7.18. The van der Waals surface area contributed by atoms with Gasteiger partial charge in [0.05, 0.1) is 4.92 Å². The molecule has 0 fully saturated rings. The summed E-state index contributed by atoms with van der Waals surface area (Å²) >= 11 is 0. The molecule has 3 rings (SSSR count). The zero-order valence-corrected chi connectivity index (χ0v) is 12.5. The lowest BCUT2D eigenvalue weighted by atomic mass is 10.1. The smallest absolute Gasteiger partial charge is 0.423 e. The first-order valence-corrected chi connectivity index (χ1v) is 6.96. The minimum Gasteiger partial charge on any atom is -0.457 e. The number of nitro groups is 1. The molecule has 1 aliphatic rings. The van der Waals surface area contributed by atoms with Crippen LogP contribution in [0.5, 0.6) is 17.2 Å². The molecule has 0 radical (unpaired) electrons. The molecule has 8 heteroatoms. The number of benzene rings is 2. The van der Waals surface area contributed by atoms with Crippen molar-refractivity contribution in [2.24, 2.45) is 0 Å². The molecule has 0 aliphatic carbocycles. The van der Waals surface area contributed by atoms with Crippen LogP contribution in [0, 0.1) is 10.1 Å². The lowest BCUT2D eigenvalue weighted by molar-refractivity contribution is -0.388. The van der Waals surface area contributed by atoms with E-state index in [0.29, 0.717) is 17.6 Å². The molecule has 0 amide bonds. The topological polar surface area (TPSA) is 61.6 Å². The molecule has 0 unspecified atom stereocenters. The van der Waals surface area contributed by atoms with Crippen LogP contribution in [-0.4, -0.2) is 4.92 Å². The Labute approximate surface area is 139 Å². The van der Waals surface area contributed by atoms with Gasteiger partial charge < -0.3 is 9.47 Å². The predicted octanol–water partition coefficient (Wildman–Crippen LogP) is 5.33. The van der Waals surface area contributed by atoms with Crippen LogP contribution >= 0.6 is 0 Å². The van der Waals surface area contributed by atoms with Crippen molar-refractivity contribution in [3.63, 3.8) is 0 Å². The molecule has 0 saturated heterocycles. The van der Waals surface area contributed by atoms with Gasteiger partial charge in [-0.3, -0.25) is 10.1 Å². The summed E-state index contributed by atoms with van der Waals surface area (Å²) in [4.78, 5) is 9.68. The van der Waals surface area contributed by atoms with Gasteiger partial charge in [-0.1, -0.05) is 6.58 Å². The third kappa shape index (κ3) is 3.47. The number of halogens is 3. The number of allylic oxidation sites excluding steroid dienone is 1. The summed E-state index contributed by atoms with van der Waals surface area (Å²) in [6.07, 6.45) is -1.42. The standard InChI is InChI=1S/C17H10F3NO4/c1-10-2-3-11-4-5-13(9-16(11)24-10)25-12-6-7-15(21(22)23)14(8-12)17(18,19)20/h2-9H,1H2. The van der Waals surface area contributed by atoms with E-state index in [-0.39, 0.29) is 11.5 Å². The first-order chi connectivity index (χ1) is 11.7. The van der Waals surface area contributed by atoms with Gasteiger partial charge in [0.2, 0.25) is 0 Å². The summed E-state index contributed by atoms with van der Waals surface area (Å²) in [7, 11) is 0. The number of hydrogen-bond donors (Lipinski definition) is 0. The SMILES string of the molecule is C=C1C=Cc2ccc(Oc3ccc([N+](=O)[O-])c(C(F)(F)F)c3)cc2O1. The van der Waals surface area contributed by atoms with Gasteiger partial charge in [0, 0.05) is 17.7 Å². The average molecular weight is 349 g/mol. The maximum absolute atomic E-state index is 13.0. The van der Waals surface area contributed by atoms with Crippen molar-refractivity contribution >= 4 is 11.8 Å². The van der Waals surface area contributed by atoms with Crippen LogP contribution in [0.15, 0.2) is 54.8 Å². The fraction of sp³-hybridized carbons (Fsp3) is 0.0588. The number of alkyl halides is 3. The van der Waals surface area contributed by atoms with E-state index in [1.165, 1.54) is 6.07 Å². The Hall–Kier alpha value is -3.29. The van der Waals surface area contributed by atoms with Crippen LogP contribution in [0.4, 0.5) is 18.9 Å². The third-order valence-corrected chi connectivity index (χ3v) is 3.38. The van der Waals surface area contributed by atoms with Crippen molar-refractivity contribution in [2.75, 3.05) is 0 Å². The molecule has 5 nitrogen and oxygen atoms in total. The van der Waals surface area contributed by atoms with Crippen molar-refractivity contribution in [3.8, 4) is 17.2 Å². The molecule has 0 atom stereocenters. The van der Waals surface area contributed by atoms with E-state index >= 15 is 0 Å². The first kappa shape index (κ1) is 16.6. The van der Waals surface area contributed by atoms with E-state index in [9.17, 15) is 23.3 Å². The van der Waals surface area contributed by atoms with E-state index in [0.717, 1.165) is 17.7 Å². The van der Waals surface area contributed by atoms with Gasteiger partial charge >= 0.3 is 6.18 Å². The highest BCUT2D eigenvalue weighted by Gasteiger charge is 2.38. The zero-order valence-electron chi connectivity index (χ0n) is 12.5. The second-order valence-corrected chi connectivity index (χ2v) is 5.14. The summed E-state index contributed by atoms with van der Waals surface area (Å²) < 4.78 is 49.8. The van der Waals surface area contributed by atoms with Gasteiger partial charge in [0.25, 0.3) is 5.69 Å². The Morgan fingerprint density at radius 2 is 1.76 bits per heavy atom. The van der Waals surface area contributed by atoms with Crippen LogP contribution in [0.1, 0.15) is 11.1 Å². The Morgan fingerprint density at radius 3 is 2.44 bits per heavy atom. The van der Waals surface area contributed by atoms with Gasteiger partial charge in [0.1, 0.15) is 28.6 Å². The van der Waals surface area contributed by atoms with Gasteiger partial charge in [-0.2, -0.15) is 13.2 Å². The molecule has 2 aromatic rings. The van der Waals surface area contributed by atoms with Crippen LogP contribution in [0.3, 0.4) is 0 Å². The highest BCUT2D eigenvalue weighted by Crippen LogP contribution is 2.39. The minimum absolute atomic E-state index is 0.178. The highest BCUT2D eigenvalue weighted by molar-refractivity contribution is 5.64. The van der Waals surface area contributed by atoms with E-state index in [1.807, 2.05) is 0 Å². The lowest BCUT2D eigenvalue weighted by Gasteiger charge is -2.15. The molecule has 2 aromatic carbocycles. The van der Waals surface area contributed by atoms with Crippen molar-refractivity contribution in [1.29, 1.82) is 0 Å². The molecule has 0 aromatic heterocycles. The number of hydrogen-bond acceptors (Lipinski definition) is 4. The molecular formula is C17H10F3NO4. The Kier molecular flexibility index (Phi) is 3.96. The number of rotatable bonds is 3. The second-order valence-electron chi connectivity index (χ2n) is 5.14. The first-order valence-electron chi connectivity index (χ1n) is 6.96. The molecule has 128 valence electrons. The lowest BCUT2D eigenvalue weighted by Crippen LogP contribution is -2.09. The molecule has 1 aliphatic heterocycles. The fourth-order valence-electron chi connectivity index (χ4n) is 2.26. The Morgan fingerprint density at radius 1 is 1.08 bits per heavy atom. The van der Waals surface area contributed by atoms with Gasteiger partial charge in [0.15, 0.2) is 0 Å². The third-order valence-electron chi connectivity index (χ3n) is 3.38. The minimum atomic E-state index is -4.87. The van der Waals surface area contributed by atoms with Crippen LogP contribution < -0.4 is 9.47 Å². The van der Waals surface area contributed by atoms with Gasteiger partial charge in [-0.05, 0) is 36.4 Å². The fourth-order valence-corrected chi connectivity index (χ4v) is 2.26. The molecular weight excluding hydrogens is 339 g/mol. The molecule has 1 heterocycles. The van der Waals surface area contributed by atoms with Crippen molar-refractivity contribution in [2.45, 2.75) is 6.18 Å². The van der Waals surface area contributed by atoms with E-state index < -0.39 is 22.4 Å². The molecule has 25 heavy (non-hydrogen) atoms. The molecule has 0 N–H and O–H groups in total. The predicted molar refractivity (Wildman–Crippen MR) is 83.4 cm³/mol. The maximum Gasteiger partial charge on any atom is 0.423 e. The van der Waals surface area contributed by atoms with E-state index in [4.69, 9.17) is 9.47 Å². The molecule has 0 saturated carbocycles. The number of nitrogens with zero attached hydrogens (tertiary/aromatic N) is 1. The summed E-state index contributed by atoms with van der Waals surface area (Å²) in [5, 5.41) is 10.8. The van der Waals surface area contributed by atoms with E-state index in [1.54, 1.807) is 24.3 Å². The summed E-state index contributed by atoms with van der Waals surface area (Å²) in [6.45, 7) is 3.65. The number of nitro benzene ring substituents is 1. The molecule has 0 spiro atoms. The largest absolute Gasteiger partial charge is 0.457 e. The van der Waals surface area contributed by atoms with Crippen LogP contribution in [0.2, 0.25) is 0 Å². The summed E-state index contributed by atoms with van der Waals surface area (Å²) in [5.41, 5.74) is -1.64. The second kappa shape index (κ2) is 5.97. The van der Waals surface area contributed by atoms with Crippen molar-refractivity contribution in [1.82, 2.24) is 0 Å². The summed E-state index contributed by atoms with van der Waals surface area (Å²) in [5.74, 6) is 0.911. The van der Waals surface area contributed by atoms with Gasteiger partial charge in [-0.25, -0.2) is 0 Å². The van der Waals surface area contributed by atoms with Gasteiger partial charge in [-0.15, -0.1) is 0 Å². The van der Waals surface area contributed by atoms with Crippen molar-refractivity contribution in [3.05, 3.63) is 76.1 Å². The van der Waals surface area contributed by atoms with Crippen molar-refractivity contribution < 1.29 is 27.6 Å². The quantitative estimate of drug-likeness (QED) is 0.555.